The van der Waals surface area contributed by atoms with Gasteiger partial charge in [-0.05, 0) is 18.2 Å². The fourth-order valence-corrected chi connectivity index (χ4v) is 1.57. The van der Waals surface area contributed by atoms with Crippen LogP contribution in [0.1, 0.15) is 0 Å². The Morgan fingerprint density at radius 3 is 2.80 bits per heavy atom. The maximum atomic E-state index is 4.24. The van der Waals surface area contributed by atoms with Crippen LogP contribution in [0.4, 0.5) is 0 Å². The molecule has 0 aliphatic carbocycles. The summed E-state index contributed by atoms with van der Waals surface area (Å²) in [5.41, 5.74) is 0.929. The molecule has 15 heavy (non-hydrogen) atoms. The molecule has 0 aliphatic heterocycles. The standard InChI is InChI=1S/C11H8N4/c1-2-5-10-9(4-1)11(13-8-12-10)15-7-3-6-14-15/h1-8H. The van der Waals surface area contributed by atoms with Crippen LogP contribution < -0.4 is 0 Å². The number of fused-ring (bicyclic) bond motifs is 1. The zero-order chi connectivity index (χ0) is 10.1. The molecular formula is C11H8N4. The fraction of sp³-hybridized carbons (Fsp3) is 0. The molecule has 0 fully saturated rings. The second kappa shape index (κ2) is 3.16. The van der Waals surface area contributed by atoms with Gasteiger partial charge in [-0.15, -0.1) is 0 Å². The van der Waals surface area contributed by atoms with E-state index < -0.39 is 0 Å². The summed E-state index contributed by atoms with van der Waals surface area (Å²) in [6.07, 6.45) is 5.16. The lowest BCUT2D eigenvalue weighted by Crippen LogP contribution is -1.99. The minimum atomic E-state index is 0.811. The summed E-state index contributed by atoms with van der Waals surface area (Å²) in [4.78, 5) is 8.44. The molecule has 0 unspecified atom stereocenters. The molecule has 3 rings (SSSR count). The maximum Gasteiger partial charge on any atom is 0.164 e. The van der Waals surface area contributed by atoms with E-state index in [-0.39, 0.29) is 0 Å². The van der Waals surface area contributed by atoms with Crippen molar-refractivity contribution in [2.45, 2.75) is 0 Å². The predicted octanol–water partition coefficient (Wildman–Crippen LogP) is 1.82. The molecular weight excluding hydrogens is 188 g/mol. The Morgan fingerprint density at radius 2 is 1.93 bits per heavy atom. The molecule has 0 spiro atoms. The number of hydrogen-bond donors (Lipinski definition) is 0. The summed E-state index contributed by atoms with van der Waals surface area (Å²) in [5, 5.41) is 5.17. The van der Waals surface area contributed by atoms with Crippen LogP contribution in [0, 0.1) is 0 Å². The molecule has 0 radical (unpaired) electrons. The van der Waals surface area contributed by atoms with Gasteiger partial charge in [-0.25, -0.2) is 14.6 Å². The van der Waals surface area contributed by atoms with Crippen LogP contribution in [-0.4, -0.2) is 19.7 Å². The van der Waals surface area contributed by atoms with E-state index in [4.69, 9.17) is 0 Å². The van der Waals surface area contributed by atoms with Gasteiger partial charge < -0.3 is 0 Å². The first kappa shape index (κ1) is 8.11. The Balaban J connectivity index is 2.36. The average molecular weight is 196 g/mol. The van der Waals surface area contributed by atoms with Gasteiger partial charge in [0.15, 0.2) is 5.82 Å². The molecule has 0 bridgehead atoms. The Bertz CT molecular complexity index is 581. The second-order valence-corrected chi connectivity index (χ2v) is 3.17. The lowest BCUT2D eigenvalue weighted by Gasteiger charge is -2.03. The zero-order valence-electron chi connectivity index (χ0n) is 7.91. The Labute approximate surface area is 86.2 Å². The molecule has 0 saturated heterocycles. The highest BCUT2D eigenvalue weighted by Crippen LogP contribution is 2.16. The van der Waals surface area contributed by atoms with Crippen LogP contribution >= 0.6 is 0 Å². The molecule has 72 valence electrons. The highest BCUT2D eigenvalue weighted by molar-refractivity contribution is 5.84. The van der Waals surface area contributed by atoms with Crippen molar-refractivity contribution in [1.29, 1.82) is 0 Å². The zero-order valence-corrected chi connectivity index (χ0v) is 7.91. The molecule has 3 aromatic rings. The van der Waals surface area contributed by atoms with Gasteiger partial charge in [0.1, 0.15) is 6.33 Å². The van der Waals surface area contributed by atoms with Gasteiger partial charge in [0, 0.05) is 17.8 Å². The van der Waals surface area contributed by atoms with Crippen LogP contribution in [-0.2, 0) is 0 Å². The summed E-state index contributed by atoms with van der Waals surface area (Å²) in [5.74, 6) is 0.811. The molecule has 0 saturated carbocycles. The van der Waals surface area contributed by atoms with E-state index in [1.54, 1.807) is 17.2 Å². The van der Waals surface area contributed by atoms with Crippen molar-refractivity contribution in [3.63, 3.8) is 0 Å². The highest BCUT2D eigenvalue weighted by atomic mass is 15.3. The number of benzene rings is 1. The van der Waals surface area contributed by atoms with E-state index in [1.165, 1.54) is 0 Å². The molecule has 2 heterocycles. The van der Waals surface area contributed by atoms with Crippen LogP contribution in [0.25, 0.3) is 16.7 Å². The van der Waals surface area contributed by atoms with E-state index in [0.717, 1.165) is 16.7 Å². The van der Waals surface area contributed by atoms with Crippen molar-refractivity contribution >= 4 is 10.9 Å². The van der Waals surface area contributed by atoms with Crippen LogP contribution in [0.3, 0.4) is 0 Å². The Hall–Kier alpha value is -2.23. The third kappa shape index (κ3) is 1.27. The molecule has 0 atom stereocenters. The molecule has 2 aromatic heterocycles. The van der Waals surface area contributed by atoms with E-state index in [9.17, 15) is 0 Å². The first-order valence-electron chi connectivity index (χ1n) is 4.65. The predicted molar refractivity (Wildman–Crippen MR) is 56.7 cm³/mol. The van der Waals surface area contributed by atoms with Gasteiger partial charge in [0.25, 0.3) is 0 Å². The maximum absolute atomic E-state index is 4.24. The largest absolute Gasteiger partial charge is 0.236 e. The molecule has 4 nitrogen and oxygen atoms in total. The van der Waals surface area contributed by atoms with Gasteiger partial charge in [0.2, 0.25) is 0 Å². The summed E-state index contributed by atoms with van der Waals surface area (Å²) in [6, 6.07) is 9.76. The molecule has 1 aromatic carbocycles. The van der Waals surface area contributed by atoms with E-state index >= 15 is 0 Å². The van der Waals surface area contributed by atoms with Crippen molar-refractivity contribution in [1.82, 2.24) is 19.7 Å². The van der Waals surface area contributed by atoms with E-state index in [1.807, 2.05) is 36.5 Å². The lowest BCUT2D eigenvalue weighted by atomic mass is 10.2. The quantitative estimate of drug-likeness (QED) is 0.596. The smallest absolute Gasteiger partial charge is 0.164 e. The molecule has 4 heteroatoms. The third-order valence-corrected chi connectivity index (χ3v) is 2.24. The van der Waals surface area contributed by atoms with Gasteiger partial charge in [0.05, 0.1) is 5.52 Å². The van der Waals surface area contributed by atoms with Crippen LogP contribution in [0.2, 0.25) is 0 Å². The van der Waals surface area contributed by atoms with Crippen molar-refractivity contribution in [2.75, 3.05) is 0 Å². The number of rotatable bonds is 1. The van der Waals surface area contributed by atoms with Gasteiger partial charge in [-0.3, -0.25) is 0 Å². The first-order chi connectivity index (χ1) is 7.45. The summed E-state index contributed by atoms with van der Waals surface area (Å²) in [6.45, 7) is 0. The van der Waals surface area contributed by atoms with Gasteiger partial charge in [-0.2, -0.15) is 5.10 Å². The summed E-state index contributed by atoms with van der Waals surface area (Å²) < 4.78 is 1.74. The summed E-state index contributed by atoms with van der Waals surface area (Å²) >= 11 is 0. The third-order valence-electron chi connectivity index (χ3n) is 2.24. The van der Waals surface area contributed by atoms with E-state index in [0.29, 0.717) is 0 Å². The lowest BCUT2D eigenvalue weighted by molar-refractivity contribution is 0.851. The topological polar surface area (TPSA) is 43.6 Å². The highest BCUT2D eigenvalue weighted by Gasteiger charge is 2.03. The number of hydrogen-bond acceptors (Lipinski definition) is 3. The number of aromatic nitrogens is 4. The Morgan fingerprint density at radius 1 is 1.00 bits per heavy atom. The van der Waals surface area contributed by atoms with Gasteiger partial charge in [-0.1, -0.05) is 12.1 Å². The van der Waals surface area contributed by atoms with Crippen LogP contribution in [0.5, 0.6) is 0 Å². The summed E-state index contributed by atoms with van der Waals surface area (Å²) in [7, 11) is 0. The van der Waals surface area contributed by atoms with Gasteiger partial charge >= 0.3 is 0 Å². The number of nitrogens with zero attached hydrogens (tertiary/aromatic N) is 4. The van der Waals surface area contributed by atoms with Crippen molar-refractivity contribution in [2.24, 2.45) is 0 Å². The molecule has 0 aliphatic rings. The molecule has 0 N–H and O–H groups in total. The Kier molecular flexibility index (Phi) is 1.71. The first-order valence-corrected chi connectivity index (χ1v) is 4.65. The second-order valence-electron chi connectivity index (χ2n) is 3.17. The minimum absolute atomic E-state index is 0.811. The number of para-hydroxylation sites is 1. The van der Waals surface area contributed by atoms with Crippen LogP contribution in [0.15, 0.2) is 49.1 Å². The van der Waals surface area contributed by atoms with Crippen molar-refractivity contribution < 1.29 is 0 Å². The SMILES string of the molecule is c1ccc2c(-n3cccn3)ncnc2c1. The van der Waals surface area contributed by atoms with E-state index in [2.05, 4.69) is 15.1 Å². The molecule has 0 amide bonds. The van der Waals surface area contributed by atoms with Crippen molar-refractivity contribution in [3.8, 4) is 5.82 Å². The van der Waals surface area contributed by atoms with Crippen molar-refractivity contribution in [3.05, 3.63) is 49.1 Å². The average Bonchev–Trinajstić information content (AvgIpc) is 2.82. The fourth-order valence-electron chi connectivity index (χ4n) is 1.57. The minimum Gasteiger partial charge on any atom is -0.236 e. The normalized spacial score (nSPS) is 10.7. The monoisotopic (exact) mass is 196 g/mol.